The Morgan fingerprint density at radius 3 is 2.29 bits per heavy atom. The molecular weight excluding hydrogens is 352 g/mol. The van der Waals surface area contributed by atoms with Gasteiger partial charge in [-0.1, -0.05) is 48.5 Å². The van der Waals surface area contributed by atoms with Gasteiger partial charge in [0.15, 0.2) is 5.78 Å². The van der Waals surface area contributed by atoms with Crippen molar-refractivity contribution in [1.29, 1.82) is 0 Å². The van der Waals surface area contributed by atoms with E-state index >= 15 is 0 Å². The van der Waals surface area contributed by atoms with Crippen LogP contribution in [-0.4, -0.2) is 61.3 Å². The van der Waals surface area contributed by atoms with Crippen molar-refractivity contribution in [2.45, 2.75) is 19.3 Å². The Balaban J connectivity index is 1.40. The molecule has 2 aromatic rings. The molecule has 5 heteroatoms. The van der Waals surface area contributed by atoms with E-state index in [0.29, 0.717) is 19.3 Å². The molecule has 1 saturated heterocycles. The van der Waals surface area contributed by atoms with E-state index in [0.717, 1.165) is 49.6 Å². The van der Waals surface area contributed by atoms with Crippen molar-refractivity contribution in [2.24, 2.45) is 0 Å². The molecule has 1 fully saturated rings. The predicted octanol–water partition coefficient (Wildman–Crippen LogP) is 3.05. The number of amides is 1. The molecule has 0 saturated carbocycles. The maximum absolute atomic E-state index is 12.5. The molecule has 0 unspecified atom stereocenters. The number of nitrogens with zero attached hydrogens (tertiary/aromatic N) is 2. The van der Waals surface area contributed by atoms with Crippen molar-refractivity contribution < 1.29 is 14.3 Å². The van der Waals surface area contributed by atoms with Gasteiger partial charge in [-0.2, -0.15) is 0 Å². The zero-order valence-electron chi connectivity index (χ0n) is 16.5. The summed E-state index contributed by atoms with van der Waals surface area (Å²) in [6.45, 7) is 3.84. The second-order valence-corrected chi connectivity index (χ2v) is 7.07. The van der Waals surface area contributed by atoms with E-state index in [1.54, 1.807) is 7.11 Å². The minimum atomic E-state index is 0.177. The Labute approximate surface area is 166 Å². The lowest BCUT2D eigenvalue weighted by Crippen LogP contribution is -2.49. The van der Waals surface area contributed by atoms with E-state index in [1.807, 2.05) is 59.5 Å². The average molecular weight is 380 g/mol. The zero-order valence-corrected chi connectivity index (χ0v) is 16.5. The highest BCUT2D eigenvalue weighted by atomic mass is 16.5. The Morgan fingerprint density at radius 2 is 1.57 bits per heavy atom. The smallest absolute Gasteiger partial charge is 0.222 e. The predicted molar refractivity (Wildman–Crippen MR) is 110 cm³/mol. The number of ether oxygens (including phenoxy) is 1. The number of hydrogen-bond donors (Lipinski definition) is 0. The molecule has 0 aliphatic carbocycles. The highest BCUT2D eigenvalue weighted by molar-refractivity contribution is 5.96. The summed E-state index contributed by atoms with van der Waals surface area (Å²) in [7, 11) is 1.66. The zero-order chi connectivity index (χ0) is 19.8. The molecular formula is C23H28N2O3. The molecule has 1 amide bonds. The van der Waals surface area contributed by atoms with Crippen LogP contribution in [0.4, 0.5) is 0 Å². The van der Waals surface area contributed by atoms with Crippen molar-refractivity contribution in [3.05, 3.63) is 65.7 Å². The molecule has 0 aromatic heterocycles. The van der Waals surface area contributed by atoms with E-state index in [1.165, 1.54) is 0 Å². The van der Waals surface area contributed by atoms with E-state index < -0.39 is 0 Å². The first kappa shape index (κ1) is 20.1. The Bertz CT molecular complexity index is 783. The molecule has 5 nitrogen and oxygen atoms in total. The second-order valence-electron chi connectivity index (χ2n) is 7.07. The number of piperazine rings is 1. The molecule has 0 spiro atoms. The summed E-state index contributed by atoms with van der Waals surface area (Å²) in [5.41, 5.74) is 1.84. The highest BCUT2D eigenvalue weighted by Crippen LogP contribution is 2.19. The molecule has 0 atom stereocenters. The molecule has 1 heterocycles. The summed E-state index contributed by atoms with van der Waals surface area (Å²) in [5, 5.41) is 0. The molecule has 0 bridgehead atoms. The van der Waals surface area contributed by atoms with E-state index in [9.17, 15) is 9.59 Å². The van der Waals surface area contributed by atoms with Crippen molar-refractivity contribution in [1.82, 2.24) is 9.80 Å². The van der Waals surface area contributed by atoms with Crippen molar-refractivity contribution in [3.8, 4) is 5.75 Å². The lowest BCUT2D eigenvalue weighted by molar-refractivity contribution is -0.132. The monoisotopic (exact) mass is 380 g/mol. The second kappa shape index (κ2) is 10.0. The van der Waals surface area contributed by atoms with Gasteiger partial charge in [-0.25, -0.2) is 0 Å². The summed E-state index contributed by atoms with van der Waals surface area (Å²) in [5.74, 6) is 1.20. The van der Waals surface area contributed by atoms with Gasteiger partial charge in [-0.05, 0) is 18.1 Å². The SMILES string of the molecule is COc1ccccc1CCC(=O)N1CCN(CCC(=O)c2ccccc2)CC1. The number of carbonyl (C=O) groups is 2. The summed E-state index contributed by atoms with van der Waals surface area (Å²) in [6.07, 6.45) is 1.70. The van der Waals surface area contributed by atoms with Gasteiger partial charge in [0.1, 0.15) is 5.75 Å². The third-order valence-electron chi connectivity index (χ3n) is 5.28. The lowest BCUT2D eigenvalue weighted by Gasteiger charge is -2.34. The molecule has 28 heavy (non-hydrogen) atoms. The van der Waals surface area contributed by atoms with Gasteiger partial charge in [0, 0.05) is 51.1 Å². The number of benzene rings is 2. The topological polar surface area (TPSA) is 49.9 Å². The minimum Gasteiger partial charge on any atom is -0.496 e. The average Bonchev–Trinajstić information content (AvgIpc) is 2.77. The normalized spacial score (nSPS) is 14.7. The Morgan fingerprint density at radius 1 is 0.893 bits per heavy atom. The Hall–Kier alpha value is -2.66. The van der Waals surface area contributed by atoms with Crippen molar-refractivity contribution >= 4 is 11.7 Å². The standard InChI is InChI=1S/C23H28N2O3/c1-28-22-10-6-5-9-20(22)11-12-23(27)25-17-15-24(16-18-25)14-13-21(26)19-7-3-2-4-8-19/h2-10H,11-18H2,1H3. The van der Waals surface area contributed by atoms with Gasteiger partial charge in [0.25, 0.3) is 0 Å². The fourth-order valence-electron chi connectivity index (χ4n) is 3.56. The van der Waals surface area contributed by atoms with E-state index in [2.05, 4.69) is 4.90 Å². The van der Waals surface area contributed by atoms with Crippen LogP contribution < -0.4 is 4.74 Å². The first-order valence-corrected chi connectivity index (χ1v) is 9.87. The van der Waals surface area contributed by atoms with Crippen LogP contribution in [0.15, 0.2) is 54.6 Å². The first-order valence-electron chi connectivity index (χ1n) is 9.87. The summed E-state index contributed by atoms with van der Waals surface area (Å²) < 4.78 is 5.36. The van der Waals surface area contributed by atoms with Gasteiger partial charge in [-0.3, -0.25) is 14.5 Å². The molecule has 1 aliphatic heterocycles. The quantitative estimate of drug-likeness (QED) is 0.661. The minimum absolute atomic E-state index is 0.177. The number of rotatable bonds is 8. The van der Waals surface area contributed by atoms with E-state index in [4.69, 9.17) is 4.74 Å². The number of aryl methyl sites for hydroxylation is 1. The number of ketones is 1. The van der Waals surface area contributed by atoms with Crippen LogP contribution in [0, 0.1) is 0 Å². The van der Waals surface area contributed by atoms with Crippen LogP contribution in [0.2, 0.25) is 0 Å². The van der Waals surface area contributed by atoms with Gasteiger partial charge in [0.2, 0.25) is 5.91 Å². The van der Waals surface area contributed by atoms with Crippen molar-refractivity contribution in [2.75, 3.05) is 39.8 Å². The van der Waals surface area contributed by atoms with Crippen LogP contribution in [0.5, 0.6) is 5.75 Å². The maximum atomic E-state index is 12.5. The fraction of sp³-hybridized carbons (Fsp3) is 0.391. The van der Waals surface area contributed by atoms with Gasteiger partial charge >= 0.3 is 0 Å². The summed E-state index contributed by atoms with van der Waals surface area (Å²) in [6, 6.07) is 17.3. The van der Waals surface area contributed by atoms with Crippen molar-refractivity contribution in [3.63, 3.8) is 0 Å². The van der Waals surface area contributed by atoms with Crippen LogP contribution in [0.3, 0.4) is 0 Å². The molecule has 2 aromatic carbocycles. The van der Waals surface area contributed by atoms with Gasteiger partial charge in [0.05, 0.1) is 7.11 Å². The van der Waals surface area contributed by atoms with Crippen LogP contribution in [0.1, 0.15) is 28.8 Å². The molecule has 3 rings (SSSR count). The largest absolute Gasteiger partial charge is 0.496 e. The number of carbonyl (C=O) groups excluding carboxylic acids is 2. The third kappa shape index (κ3) is 5.42. The molecule has 0 N–H and O–H groups in total. The highest BCUT2D eigenvalue weighted by Gasteiger charge is 2.21. The maximum Gasteiger partial charge on any atom is 0.222 e. The fourth-order valence-corrected chi connectivity index (χ4v) is 3.56. The van der Waals surface area contributed by atoms with Gasteiger partial charge < -0.3 is 9.64 Å². The first-order chi connectivity index (χ1) is 13.7. The number of Topliss-reactive ketones (excluding diaryl/α,β-unsaturated/α-hetero) is 1. The molecule has 0 radical (unpaired) electrons. The van der Waals surface area contributed by atoms with Crippen LogP contribution in [0.25, 0.3) is 0 Å². The number of para-hydroxylation sites is 1. The van der Waals surface area contributed by atoms with E-state index in [-0.39, 0.29) is 11.7 Å². The number of methoxy groups -OCH3 is 1. The third-order valence-corrected chi connectivity index (χ3v) is 5.28. The summed E-state index contributed by atoms with van der Waals surface area (Å²) >= 11 is 0. The molecule has 148 valence electrons. The summed E-state index contributed by atoms with van der Waals surface area (Å²) in [4.78, 5) is 29.0. The molecule has 1 aliphatic rings. The Kier molecular flexibility index (Phi) is 7.20. The number of hydrogen-bond acceptors (Lipinski definition) is 4. The van der Waals surface area contributed by atoms with Crippen LogP contribution in [-0.2, 0) is 11.2 Å². The lowest BCUT2D eigenvalue weighted by atomic mass is 10.1. The van der Waals surface area contributed by atoms with Crippen LogP contribution >= 0.6 is 0 Å². The van der Waals surface area contributed by atoms with Gasteiger partial charge in [-0.15, -0.1) is 0 Å².